The zero-order valence-corrected chi connectivity index (χ0v) is 11.9. The van der Waals surface area contributed by atoms with Crippen LogP contribution >= 0.6 is 12.2 Å². The van der Waals surface area contributed by atoms with E-state index >= 15 is 0 Å². The van der Waals surface area contributed by atoms with Crippen molar-refractivity contribution in [2.75, 3.05) is 29.5 Å². The van der Waals surface area contributed by atoms with Crippen LogP contribution < -0.4 is 4.90 Å². The van der Waals surface area contributed by atoms with E-state index in [1.165, 1.54) is 0 Å². The van der Waals surface area contributed by atoms with Crippen molar-refractivity contribution in [2.45, 2.75) is 0 Å². The summed E-state index contributed by atoms with van der Waals surface area (Å²) in [5.74, 6) is 2.18. The molecule has 0 radical (unpaired) electrons. The zero-order chi connectivity index (χ0) is 13.2. The Labute approximate surface area is 118 Å². The van der Waals surface area contributed by atoms with Gasteiger partial charge in [0.15, 0.2) is 0 Å². The molecule has 1 aliphatic rings. The monoisotopic (exact) mass is 294 g/mol. The molecule has 0 atom stereocenters. The first-order valence-corrected chi connectivity index (χ1v) is 7.98. The minimum absolute atomic E-state index is 0.577. The number of aromatic amines is 1. The van der Waals surface area contributed by atoms with Gasteiger partial charge in [0.2, 0.25) is 10.7 Å². The molecule has 19 heavy (non-hydrogen) atoms. The van der Waals surface area contributed by atoms with Gasteiger partial charge in [0, 0.05) is 35.4 Å². The average molecular weight is 294 g/mol. The number of hydrogen-bond donors (Lipinski definition) is 1. The lowest BCUT2D eigenvalue weighted by Gasteiger charge is -2.27. The number of aromatic nitrogens is 3. The van der Waals surface area contributed by atoms with Gasteiger partial charge in [-0.15, -0.1) is 5.10 Å². The highest BCUT2D eigenvalue weighted by atomic mass is 32.2. The highest BCUT2D eigenvalue weighted by Gasteiger charge is 2.20. The summed E-state index contributed by atoms with van der Waals surface area (Å²) in [5, 5.41) is 7.16. The van der Waals surface area contributed by atoms with E-state index in [-0.39, 0.29) is 0 Å². The minimum Gasteiger partial charge on any atom is -0.339 e. The summed E-state index contributed by atoms with van der Waals surface area (Å²) >= 11 is 5.31. The second-order valence-electron chi connectivity index (χ2n) is 4.33. The Morgan fingerprint density at radius 1 is 1.21 bits per heavy atom. The summed E-state index contributed by atoms with van der Waals surface area (Å²) in [6.07, 6.45) is 0. The molecule has 7 heteroatoms. The van der Waals surface area contributed by atoms with E-state index in [1.54, 1.807) is 0 Å². The first-order chi connectivity index (χ1) is 9.25. The Morgan fingerprint density at radius 3 is 2.58 bits per heavy atom. The fourth-order valence-electron chi connectivity index (χ4n) is 2.15. The van der Waals surface area contributed by atoms with Crippen molar-refractivity contribution in [1.29, 1.82) is 0 Å². The van der Waals surface area contributed by atoms with Gasteiger partial charge in [0.25, 0.3) is 0 Å². The van der Waals surface area contributed by atoms with Crippen molar-refractivity contribution >= 4 is 29.0 Å². The quantitative estimate of drug-likeness (QED) is 0.853. The first-order valence-electron chi connectivity index (χ1n) is 6.08. The van der Waals surface area contributed by atoms with Gasteiger partial charge in [-0.1, -0.05) is 18.2 Å². The molecule has 1 aromatic carbocycles. The number of nitrogens with zero attached hydrogens (tertiary/aromatic N) is 3. The van der Waals surface area contributed by atoms with Crippen LogP contribution in [-0.4, -0.2) is 43.6 Å². The van der Waals surface area contributed by atoms with E-state index in [9.17, 15) is 4.21 Å². The van der Waals surface area contributed by atoms with E-state index in [2.05, 4.69) is 15.1 Å². The molecule has 100 valence electrons. The van der Waals surface area contributed by atoms with Crippen LogP contribution in [0.4, 0.5) is 5.95 Å². The number of H-pyrrole nitrogens is 1. The molecule has 1 N–H and O–H groups in total. The highest BCUT2D eigenvalue weighted by Crippen LogP contribution is 2.19. The van der Waals surface area contributed by atoms with Crippen LogP contribution in [0.3, 0.4) is 0 Å². The fourth-order valence-corrected chi connectivity index (χ4v) is 3.43. The Balaban J connectivity index is 2.00. The lowest BCUT2D eigenvalue weighted by molar-refractivity contribution is 0.670. The largest absolute Gasteiger partial charge is 0.339 e. The van der Waals surface area contributed by atoms with Crippen molar-refractivity contribution in [3.8, 4) is 5.69 Å². The predicted molar refractivity (Wildman–Crippen MR) is 78.8 cm³/mol. The fraction of sp³-hybridized carbons (Fsp3) is 0.333. The van der Waals surface area contributed by atoms with E-state index in [0.717, 1.165) is 24.7 Å². The molecule has 0 bridgehead atoms. The van der Waals surface area contributed by atoms with Gasteiger partial charge in [-0.05, 0) is 24.4 Å². The van der Waals surface area contributed by atoms with Gasteiger partial charge in [-0.25, -0.2) is 5.10 Å². The lowest BCUT2D eigenvalue weighted by Crippen LogP contribution is -2.39. The zero-order valence-electron chi connectivity index (χ0n) is 10.3. The van der Waals surface area contributed by atoms with E-state index in [1.807, 2.05) is 34.9 Å². The van der Waals surface area contributed by atoms with Gasteiger partial charge in [-0.3, -0.25) is 8.78 Å². The molecule has 2 heterocycles. The molecule has 1 saturated heterocycles. The third kappa shape index (κ3) is 2.48. The van der Waals surface area contributed by atoms with Crippen LogP contribution in [0, 0.1) is 4.77 Å². The molecule has 1 fully saturated rings. The van der Waals surface area contributed by atoms with Crippen LogP contribution in [0.25, 0.3) is 5.69 Å². The van der Waals surface area contributed by atoms with Crippen LogP contribution in [0.2, 0.25) is 0 Å². The molecule has 1 aliphatic heterocycles. The maximum Gasteiger partial charge on any atom is 0.230 e. The smallest absolute Gasteiger partial charge is 0.230 e. The molecular formula is C12H14N4OS2. The summed E-state index contributed by atoms with van der Waals surface area (Å²) in [6, 6.07) is 9.91. The Hall–Kier alpha value is -1.47. The molecule has 5 nitrogen and oxygen atoms in total. The van der Waals surface area contributed by atoms with E-state index < -0.39 is 10.8 Å². The predicted octanol–water partition coefficient (Wildman–Crippen LogP) is 1.50. The summed E-state index contributed by atoms with van der Waals surface area (Å²) in [6.45, 7) is 1.50. The minimum atomic E-state index is -0.694. The molecule has 0 spiro atoms. The number of anilines is 1. The van der Waals surface area contributed by atoms with Crippen molar-refractivity contribution in [1.82, 2.24) is 14.8 Å². The molecule has 0 unspecified atom stereocenters. The van der Waals surface area contributed by atoms with Crippen molar-refractivity contribution < 1.29 is 4.21 Å². The standard InChI is InChI=1S/C12H14N4OS2/c17-19-8-6-15(7-9-19)11-13-14-12(18)16(11)10-4-2-1-3-5-10/h1-5H,6-9H2,(H,14,18). The number of benzene rings is 1. The number of rotatable bonds is 2. The number of nitrogens with one attached hydrogen (secondary N) is 1. The lowest BCUT2D eigenvalue weighted by atomic mass is 10.3. The van der Waals surface area contributed by atoms with Gasteiger partial charge >= 0.3 is 0 Å². The first kappa shape index (κ1) is 12.6. The van der Waals surface area contributed by atoms with Gasteiger partial charge in [0.05, 0.1) is 5.69 Å². The second kappa shape index (κ2) is 5.26. The molecule has 0 aliphatic carbocycles. The van der Waals surface area contributed by atoms with Crippen molar-refractivity contribution in [3.05, 3.63) is 35.1 Å². The van der Waals surface area contributed by atoms with Gasteiger partial charge in [-0.2, -0.15) is 0 Å². The molecule has 0 saturated carbocycles. The third-order valence-electron chi connectivity index (χ3n) is 3.13. The Kier molecular flexibility index (Phi) is 3.48. The Morgan fingerprint density at radius 2 is 1.89 bits per heavy atom. The van der Waals surface area contributed by atoms with Gasteiger partial charge < -0.3 is 4.90 Å². The van der Waals surface area contributed by atoms with Crippen LogP contribution in [-0.2, 0) is 10.8 Å². The van der Waals surface area contributed by atoms with Gasteiger partial charge in [0.1, 0.15) is 0 Å². The molecule has 3 rings (SSSR count). The maximum absolute atomic E-state index is 11.4. The van der Waals surface area contributed by atoms with Crippen LogP contribution in [0.1, 0.15) is 0 Å². The van der Waals surface area contributed by atoms with Crippen molar-refractivity contribution in [3.63, 3.8) is 0 Å². The molecule has 0 amide bonds. The average Bonchev–Trinajstić information content (AvgIpc) is 2.82. The molecular weight excluding hydrogens is 280 g/mol. The third-order valence-corrected chi connectivity index (χ3v) is 4.68. The summed E-state index contributed by atoms with van der Waals surface area (Å²) in [4.78, 5) is 2.13. The second-order valence-corrected chi connectivity index (χ2v) is 6.42. The molecule has 1 aromatic heterocycles. The van der Waals surface area contributed by atoms with E-state index in [4.69, 9.17) is 12.2 Å². The number of hydrogen-bond acceptors (Lipinski definition) is 4. The topological polar surface area (TPSA) is 53.9 Å². The normalized spacial score (nSPS) is 16.7. The highest BCUT2D eigenvalue weighted by molar-refractivity contribution is 7.85. The summed E-state index contributed by atoms with van der Waals surface area (Å²) in [7, 11) is -0.694. The Bertz CT molecular complexity index is 639. The van der Waals surface area contributed by atoms with Crippen LogP contribution in [0.15, 0.2) is 30.3 Å². The van der Waals surface area contributed by atoms with Crippen molar-refractivity contribution in [2.24, 2.45) is 0 Å². The molecule has 2 aromatic rings. The summed E-state index contributed by atoms with van der Waals surface area (Å²) in [5.41, 5.74) is 0.989. The number of para-hydroxylation sites is 1. The van der Waals surface area contributed by atoms with Crippen LogP contribution in [0.5, 0.6) is 0 Å². The summed E-state index contributed by atoms with van der Waals surface area (Å²) < 4.78 is 13.9. The maximum atomic E-state index is 11.4. The van der Waals surface area contributed by atoms with E-state index in [0.29, 0.717) is 16.3 Å². The SMILES string of the molecule is O=S1CCN(c2n[nH]c(=S)n2-c2ccccc2)CC1.